The van der Waals surface area contributed by atoms with Crippen LogP contribution in [0.25, 0.3) is 11.6 Å². The second kappa shape index (κ2) is 3.79. The van der Waals surface area contributed by atoms with Crippen LogP contribution >= 0.6 is 0 Å². The smallest absolute Gasteiger partial charge is 0.0183 e. The standard InChI is InChI=1S/C13H15N/c1-10(11-6-7-11)13-5-3-2-4-12(13)8-9-14/h2-5,8-9,11,14H,6-7H2,1H3/b12-8-,13-10+,14-9?. The third-order valence-corrected chi connectivity index (χ3v) is 2.84. The summed E-state index contributed by atoms with van der Waals surface area (Å²) in [5, 5.41) is 9.60. The van der Waals surface area contributed by atoms with Gasteiger partial charge in [0, 0.05) is 6.21 Å². The number of hydrogen-bond acceptors (Lipinski definition) is 1. The van der Waals surface area contributed by atoms with E-state index < -0.39 is 0 Å². The van der Waals surface area contributed by atoms with Crippen molar-refractivity contribution in [2.24, 2.45) is 5.92 Å². The minimum absolute atomic E-state index is 0.801. The van der Waals surface area contributed by atoms with E-state index in [-0.39, 0.29) is 0 Å². The molecule has 1 saturated carbocycles. The fourth-order valence-electron chi connectivity index (χ4n) is 1.83. The van der Waals surface area contributed by atoms with Gasteiger partial charge in [0.1, 0.15) is 0 Å². The summed E-state index contributed by atoms with van der Waals surface area (Å²) in [5.41, 5.74) is 1.48. The molecule has 0 amide bonds. The molecule has 0 saturated heterocycles. The van der Waals surface area contributed by atoms with Gasteiger partial charge < -0.3 is 5.41 Å². The van der Waals surface area contributed by atoms with Crippen LogP contribution in [0.2, 0.25) is 0 Å². The van der Waals surface area contributed by atoms with Crippen LogP contribution in [0.5, 0.6) is 0 Å². The first kappa shape index (κ1) is 9.20. The van der Waals surface area contributed by atoms with Gasteiger partial charge in [0.05, 0.1) is 0 Å². The van der Waals surface area contributed by atoms with Crippen LogP contribution in [0.15, 0.2) is 24.3 Å². The lowest BCUT2D eigenvalue weighted by atomic mass is 10.1. The molecule has 0 bridgehead atoms. The minimum atomic E-state index is 0.801. The first-order valence-electron chi connectivity index (χ1n) is 5.09. The van der Waals surface area contributed by atoms with Crippen LogP contribution in [-0.4, -0.2) is 6.21 Å². The summed E-state index contributed by atoms with van der Waals surface area (Å²) in [7, 11) is 0. The molecule has 1 aliphatic rings. The Bertz CT molecular complexity index is 452. The normalized spacial score (nSPS) is 19.4. The lowest BCUT2D eigenvalue weighted by Crippen LogP contribution is -2.26. The second-order valence-corrected chi connectivity index (χ2v) is 3.88. The van der Waals surface area contributed by atoms with Gasteiger partial charge in [-0.25, -0.2) is 0 Å². The Labute approximate surface area is 84.3 Å². The van der Waals surface area contributed by atoms with Crippen LogP contribution in [0, 0.1) is 11.3 Å². The van der Waals surface area contributed by atoms with Gasteiger partial charge in [0.25, 0.3) is 0 Å². The highest BCUT2D eigenvalue weighted by atomic mass is 14.3. The largest absolute Gasteiger partial charge is 0.309 e. The molecular formula is C13H15N. The molecule has 0 radical (unpaired) electrons. The lowest BCUT2D eigenvalue weighted by Gasteiger charge is -1.97. The van der Waals surface area contributed by atoms with E-state index in [1.54, 1.807) is 0 Å². The fourth-order valence-corrected chi connectivity index (χ4v) is 1.83. The summed E-state index contributed by atoms with van der Waals surface area (Å²) >= 11 is 0. The Balaban J connectivity index is 2.67. The molecule has 1 heteroatoms. The van der Waals surface area contributed by atoms with Gasteiger partial charge in [0.15, 0.2) is 0 Å². The maximum absolute atomic E-state index is 7.11. The van der Waals surface area contributed by atoms with Crippen molar-refractivity contribution in [3.05, 3.63) is 34.7 Å². The maximum atomic E-state index is 7.11. The Kier molecular flexibility index (Phi) is 2.49. The number of hydrogen-bond donors (Lipinski definition) is 1. The van der Waals surface area contributed by atoms with Crippen molar-refractivity contribution in [1.29, 1.82) is 5.41 Å². The Morgan fingerprint density at radius 2 is 2.07 bits per heavy atom. The zero-order valence-corrected chi connectivity index (χ0v) is 8.46. The summed E-state index contributed by atoms with van der Waals surface area (Å²) in [4.78, 5) is 0. The highest BCUT2D eigenvalue weighted by Gasteiger charge is 2.23. The fraction of sp³-hybridized carbons (Fsp3) is 0.308. The van der Waals surface area contributed by atoms with Crippen molar-refractivity contribution in [2.75, 3.05) is 0 Å². The summed E-state index contributed by atoms with van der Waals surface area (Å²) in [6.07, 6.45) is 5.90. The van der Waals surface area contributed by atoms with Crippen LogP contribution in [-0.2, 0) is 0 Å². The quantitative estimate of drug-likeness (QED) is 0.678. The highest BCUT2D eigenvalue weighted by Crippen LogP contribution is 2.35. The molecule has 14 heavy (non-hydrogen) atoms. The Morgan fingerprint density at radius 3 is 2.71 bits per heavy atom. The molecule has 0 unspecified atom stereocenters. The van der Waals surface area contributed by atoms with Gasteiger partial charge in [-0.3, -0.25) is 0 Å². The molecule has 0 heterocycles. The van der Waals surface area contributed by atoms with E-state index in [2.05, 4.69) is 25.1 Å². The van der Waals surface area contributed by atoms with Gasteiger partial charge in [-0.1, -0.05) is 29.8 Å². The first-order chi connectivity index (χ1) is 6.83. The molecule has 0 spiro atoms. The molecule has 1 nitrogen and oxygen atoms in total. The van der Waals surface area contributed by atoms with Crippen molar-refractivity contribution < 1.29 is 0 Å². The predicted molar refractivity (Wildman–Crippen MR) is 60.7 cm³/mol. The van der Waals surface area contributed by atoms with Gasteiger partial charge in [-0.2, -0.15) is 0 Å². The van der Waals surface area contributed by atoms with Crippen molar-refractivity contribution in [2.45, 2.75) is 19.8 Å². The molecule has 1 N–H and O–H groups in total. The zero-order chi connectivity index (χ0) is 9.97. The number of rotatable bonds is 2. The van der Waals surface area contributed by atoms with E-state index in [1.807, 2.05) is 12.1 Å². The van der Waals surface area contributed by atoms with Crippen LogP contribution in [0.3, 0.4) is 0 Å². The molecule has 0 aliphatic heterocycles. The molecule has 72 valence electrons. The SMILES string of the molecule is C/C(=c1/cccc/c1=C/C=N)C1CC1. The molecular weight excluding hydrogens is 170 g/mol. The second-order valence-electron chi connectivity index (χ2n) is 3.88. The average Bonchev–Trinajstić information content (AvgIpc) is 3.01. The molecule has 1 aromatic carbocycles. The molecule has 1 aliphatic carbocycles. The first-order valence-corrected chi connectivity index (χ1v) is 5.09. The third kappa shape index (κ3) is 1.77. The molecule has 0 aromatic heterocycles. The van der Waals surface area contributed by atoms with E-state index in [9.17, 15) is 0 Å². The van der Waals surface area contributed by atoms with E-state index in [0.29, 0.717) is 0 Å². The van der Waals surface area contributed by atoms with Gasteiger partial charge >= 0.3 is 0 Å². The lowest BCUT2D eigenvalue weighted by molar-refractivity contribution is 1.11. The van der Waals surface area contributed by atoms with Crippen molar-refractivity contribution in [1.82, 2.24) is 0 Å². The number of nitrogens with one attached hydrogen (secondary N) is 1. The minimum Gasteiger partial charge on any atom is -0.309 e. The van der Waals surface area contributed by atoms with Crippen LogP contribution in [0.1, 0.15) is 19.8 Å². The topological polar surface area (TPSA) is 23.9 Å². The highest BCUT2D eigenvalue weighted by molar-refractivity contribution is 5.88. The molecule has 1 fully saturated rings. The van der Waals surface area contributed by atoms with Crippen molar-refractivity contribution in [3.63, 3.8) is 0 Å². The maximum Gasteiger partial charge on any atom is 0.0183 e. The zero-order valence-electron chi connectivity index (χ0n) is 8.46. The summed E-state index contributed by atoms with van der Waals surface area (Å²) in [6.45, 7) is 2.22. The monoisotopic (exact) mass is 185 g/mol. The van der Waals surface area contributed by atoms with E-state index in [1.165, 1.54) is 35.1 Å². The predicted octanol–water partition coefficient (Wildman–Crippen LogP) is 1.70. The van der Waals surface area contributed by atoms with Crippen molar-refractivity contribution in [3.8, 4) is 0 Å². The summed E-state index contributed by atoms with van der Waals surface area (Å²) in [6, 6.07) is 8.33. The van der Waals surface area contributed by atoms with Gasteiger partial charge in [0.2, 0.25) is 0 Å². The van der Waals surface area contributed by atoms with Gasteiger partial charge in [-0.15, -0.1) is 0 Å². The average molecular weight is 185 g/mol. The van der Waals surface area contributed by atoms with Gasteiger partial charge in [-0.05, 0) is 42.2 Å². The molecule has 0 atom stereocenters. The van der Waals surface area contributed by atoms with Crippen LogP contribution < -0.4 is 10.4 Å². The third-order valence-electron chi connectivity index (χ3n) is 2.84. The Morgan fingerprint density at radius 1 is 1.36 bits per heavy atom. The molecule has 2 rings (SSSR count). The van der Waals surface area contributed by atoms with E-state index >= 15 is 0 Å². The summed E-state index contributed by atoms with van der Waals surface area (Å²) < 4.78 is 0. The van der Waals surface area contributed by atoms with Crippen molar-refractivity contribution >= 4 is 17.9 Å². The van der Waals surface area contributed by atoms with E-state index in [0.717, 1.165) is 5.92 Å². The van der Waals surface area contributed by atoms with Crippen LogP contribution in [0.4, 0.5) is 0 Å². The Hall–Kier alpha value is -1.37. The van der Waals surface area contributed by atoms with E-state index in [4.69, 9.17) is 5.41 Å². The number of benzene rings is 1. The summed E-state index contributed by atoms with van der Waals surface area (Å²) in [5.74, 6) is 0.801. The molecule has 1 aromatic rings.